The summed E-state index contributed by atoms with van der Waals surface area (Å²) in [4.78, 5) is 10.7. The molecule has 0 spiro atoms. The lowest BCUT2D eigenvalue weighted by molar-refractivity contribution is -0.143. The highest BCUT2D eigenvalue weighted by molar-refractivity contribution is 5.86. The molecule has 0 aliphatic carbocycles. The van der Waals surface area contributed by atoms with Crippen molar-refractivity contribution in [2.45, 2.75) is 32.5 Å². The molecule has 1 saturated heterocycles. The van der Waals surface area contributed by atoms with E-state index in [1.165, 1.54) is 0 Å². The Morgan fingerprint density at radius 1 is 1.55 bits per heavy atom. The normalized spacial score (nSPS) is 23.2. The molecular weight excluding hydrogens is 144 g/mol. The Labute approximate surface area is 66.0 Å². The molecule has 0 aromatic rings. The molecule has 0 radical (unpaired) electrons. The van der Waals surface area contributed by atoms with E-state index in [1.807, 2.05) is 0 Å². The van der Waals surface area contributed by atoms with E-state index in [0.717, 1.165) is 19.3 Å². The maximum Gasteiger partial charge on any atom is 0.376 e. The molecule has 1 rings (SSSR count). The second-order valence-corrected chi connectivity index (χ2v) is 2.52. The van der Waals surface area contributed by atoms with Gasteiger partial charge in [0.1, 0.15) is 0 Å². The van der Waals surface area contributed by atoms with Crippen LogP contribution in [0.1, 0.15) is 26.2 Å². The maximum atomic E-state index is 10.7. The van der Waals surface area contributed by atoms with Crippen molar-refractivity contribution in [3.05, 3.63) is 12.3 Å². The monoisotopic (exact) mass is 156 g/mol. The minimum atomic E-state index is -0.425. The first-order chi connectivity index (χ1) is 5.24. The first-order valence-corrected chi connectivity index (χ1v) is 3.80. The molecule has 3 heteroatoms. The second-order valence-electron chi connectivity index (χ2n) is 2.52. The molecule has 1 fully saturated rings. The van der Waals surface area contributed by atoms with E-state index >= 15 is 0 Å². The Kier molecular flexibility index (Phi) is 2.52. The topological polar surface area (TPSA) is 35.5 Å². The van der Waals surface area contributed by atoms with Crippen molar-refractivity contribution in [1.82, 2.24) is 0 Å². The number of hydrogen-bond donors (Lipinski definition) is 0. The molecule has 1 heterocycles. The summed E-state index contributed by atoms with van der Waals surface area (Å²) in [6, 6.07) is 0. The van der Waals surface area contributed by atoms with Gasteiger partial charge < -0.3 is 9.47 Å². The number of carbonyl (C=O) groups is 1. The average Bonchev–Trinajstić information content (AvgIpc) is 2.28. The predicted octanol–water partition coefficient (Wildman–Crippen LogP) is 1.59. The van der Waals surface area contributed by atoms with Crippen molar-refractivity contribution < 1.29 is 14.3 Å². The summed E-state index contributed by atoms with van der Waals surface area (Å²) in [6.07, 6.45) is 2.46. The van der Waals surface area contributed by atoms with E-state index in [1.54, 1.807) is 0 Å². The summed E-state index contributed by atoms with van der Waals surface area (Å²) < 4.78 is 9.82. The molecule has 1 atom stereocenters. The number of esters is 1. The molecular formula is C8H12O3. The zero-order valence-electron chi connectivity index (χ0n) is 6.63. The van der Waals surface area contributed by atoms with Crippen LogP contribution in [-0.4, -0.2) is 12.3 Å². The smallest absolute Gasteiger partial charge is 0.376 e. The fourth-order valence-electron chi connectivity index (χ4n) is 0.905. The van der Waals surface area contributed by atoms with Crippen LogP contribution >= 0.6 is 0 Å². The first kappa shape index (κ1) is 8.11. The highest BCUT2D eigenvalue weighted by Crippen LogP contribution is 2.18. The summed E-state index contributed by atoms with van der Waals surface area (Å²) >= 11 is 0. The largest absolute Gasteiger partial charge is 0.448 e. The number of rotatable bonds is 3. The van der Waals surface area contributed by atoms with Crippen LogP contribution < -0.4 is 0 Å². The third kappa shape index (κ3) is 1.97. The van der Waals surface area contributed by atoms with Crippen molar-refractivity contribution in [2.24, 2.45) is 0 Å². The van der Waals surface area contributed by atoms with E-state index in [4.69, 9.17) is 9.47 Å². The first-order valence-electron chi connectivity index (χ1n) is 3.80. The highest BCUT2D eigenvalue weighted by Gasteiger charge is 2.27. The highest BCUT2D eigenvalue weighted by atomic mass is 16.7. The van der Waals surface area contributed by atoms with E-state index in [9.17, 15) is 4.79 Å². The molecule has 0 bridgehead atoms. The number of unbranched alkanes of at least 4 members (excludes halogenated alkanes) is 1. The molecule has 0 N–H and O–H groups in total. The van der Waals surface area contributed by atoms with E-state index in [2.05, 4.69) is 13.5 Å². The van der Waals surface area contributed by atoms with E-state index < -0.39 is 5.97 Å². The Balaban J connectivity index is 2.29. The van der Waals surface area contributed by atoms with Crippen LogP contribution in [-0.2, 0) is 14.3 Å². The number of carbonyl (C=O) groups excluding carboxylic acids is 1. The van der Waals surface area contributed by atoms with Crippen molar-refractivity contribution in [2.75, 3.05) is 0 Å². The van der Waals surface area contributed by atoms with Crippen molar-refractivity contribution in [3.63, 3.8) is 0 Å². The van der Waals surface area contributed by atoms with Crippen LogP contribution in [0.25, 0.3) is 0 Å². The fraction of sp³-hybridized carbons (Fsp3) is 0.625. The number of hydrogen-bond acceptors (Lipinski definition) is 3. The zero-order chi connectivity index (χ0) is 8.27. The molecule has 62 valence electrons. The van der Waals surface area contributed by atoms with Gasteiger partial charge in [-0.1, -0.05) is 13.3 Å². The van der Waals surface area contributed by atoms with Gasteiger partial charge in [0.25, 0.3) is 0 Å². The molecule has 0 amide bonds. The zero-order valence-corrected chi connectivity index (χ0v) is 6.63. The van der Waals surface area contributed by atoms with Gasteiger partial charge in [0.2, 0.25) is 12.0 Å². The van der Waals surface area contributed by atoms with Gasteiger partial charge in [0.05, 0.1) is 0 Å². The van der Waals surface area contributed by atoms with Crippen LogP contribution in [0.5, 0.6) is 0 Å². The molecule has 1 aliphatic rings. The minimum absolute atomic E-state index is 0.131. The predicted molar refractivity (Wildman–Crippen MR) is 39.6 cm³/mol. The van der Waals surface area contributed by atoms with Gasteiger partial charge in [-0.05, 0) is 13.0 Å². The van der Waals surface area contributed by atoms with E-state index in [-0.39, 0.29) is 12.0 Å². The Hall–Kier alpha value is -0.990. The standard InChI is InChI=1S/C8H12O3/c1-3-4-5-7-10-6(2)8(9)11-7/h7H,2-5H2,1H3/t7-/m0/s1. The lowest BCUT2D eigenvalue weighted by atomic mass is 10.2. The Morgan fingerprint density at radius 2 is 2.27 bits per heavy atom. The minimum Gasteiger partial charge on any atom is -0.448 e. The molecule has 3 nitrogen and oxygen atoms in total. The van der Waals surface area contributed by atoms with Crippen LogP contribution in [0.15, 0.2) is 12.3 Å². The molecule has 0 unspecified atom stereocenters. The van der Waals surface area contributed by atoms with Gasteiger partial charge in [0.15, 0.2) is 0 Å². The van der Waals surface area contributed by atoms with Gasteiger partial charge in [-0.3, -0.25) is 0 Å². The quantitative estimate of drug-likeness (QED) is 0.459. The fourth-order valence-corrected chi connectivity index (χ4v) is 0.905. The van der Waals surface area contributed by atoms with E-state index in [0.29, 0.717) is 0 Å². The molecule has 0 aromatic carbocycles. The summed E-state index contributed by atoms with van der Waals surface area (Å²) in [5.74, 6) is -0.294. The van der Waals surface area contributed by atoms with Crippen LogP contribution in [0.4, 0.5) is 0 Å². The van der Waals surface area contributed by atoms with Crippen molar-refractivity contribution >= 4 is 5.97 Å². The second kappa shape index (κ2) is 3.42. The van der Waals surface area contributed by atoms with Crippen molar-refractivity contribution in [1.29, 1.82) is 0 Å². The van der Waals surface area contributed by atoms with Crippen molar-refractivity contribution in [3.8, 4) is 0 Å². The SMILES string of the molecule is C=C1O[C@H](CCCC)OC1=O. The maximum absolute atomic E-state index is 10.7. The third-order valence-electron chi connectivity index (χ3n) is 1.53. The lowest BCUT2D eigenvalue weighted by Gasteiger charge is -2.05. The van der Waals surface area contributed by atoms with Gasteiger partial charge in [-0.25, -0.2) is 4.79 Å². The summed E-state index contributed by atoms with van der Waals surface area (Å²) in [5.41, 5.74) is 0. The molecule has 0 aromatic heterocycles. The summed E-state index contributed by atoms with van der Waals surface area (Å²) in [6.45, 7) is 5.47. The average molecular weight is 156 g/mol. The number of cyclic esters (lactones) is 1. The van der Waals surface area contributed by atoms with Crippen LogP contribution in [0.2, 0.25) is 0 Å². The van der Waals surface area contributed by atoms with Gasteiger partial charge in [-0.15, -0.1) is 0 Å². The third-order valence-corrected chi connectivity index (χ3v) is 1.53. The molecule has 0 saturated carbocycles. The van der Waals surface area contributed by atoms with Gasteiger partial charge >= 0.3 is 5.97 Å². The lowest BCUT2D eigenvalue weighted by Crippen LogP contribution is -2.07. The Morgan fingerprint density at radius 3 is 2.73 bits per heavy atom. The summed E-state index contributed by atoms with van der Waals surface area (Å²) in [7, 11) is 0. The summed E-state index contributed by atoms with van der Waals surface area (Å²) in [5, 5.41) is 0. The van der Waals surface area contributed by atoms with Crippen LogP contribution in [0.3, 0.4) is 0 Å². The van der Waals surface area contributed by atoms with Crippen LogP contribution in [0, 0.1) is 0 Å². The Bertz CT molecular complexity index is 158. The molecule has 1 aliphatic heterocycles. The molecule has 11 heavy (non-hydrogen) atoms. The number of ether oxygens (including phenoxy) is 2. The van der Waals surface area contributed by atoms with Gasteiger partial charge in [0, 0.05) is 6.42 Å². The van der Waals surface area contributed by atoms with Gasteiger partial charge in [-0.2, -0.15) is 0 Å².